The van der Waals surface area contributed by atoms with Crippen molar-refractivity contribution < 1.29 is 4.79 Å². The van der Waals surface area contributed by atoms with Crippen LogP contribution in [0.3, 0.4) is 0 Å². The molecule has 5 nitrogen and oxygen atoms in total. The van der Waals surface area contributed by atoms with E-state index in [0.29, 0.717) is 11.7 Å². The quantitative estimate of drug-likeness (QED) is 0.857. The zero-order valence-electron chi connectivity index (χ0n) is 13.5. The largest absolute Gasteiger partial charge is 0.399 e. The highest BCUT2D eigenvalue weighted by Gasteiger charge is 2.24. The van der Waals surface area contributed by atoms with Gasteiger partial charge in [0, 0.05) is 32.9 Å². The van der Waals surface area contributed by atoms with Crippen LogP contribution in [0.2, 0.25) is 0 Å². The van der Waals surface area contributed by atoms with E-state index < -0.39 is 0 Å². The topological polar surface area (TPSA) is 52.8 Å². The molecule has 0 aromatic heterocycles. The number of benzene rings is 1. The molecule has 1 heterocycles. The van der Waals surface area contributed by atoms with Crippen LogP contribution >= 0.6 is 0 Å². The summed E-state index contributed by atoms with van der Waals surface area (Å²) in [6.45, 7) is 2.18. The van der Waals surface area contributed by atoms with Crippen molar-refractivity contribution in [3.05, 3.63) is 23.8 Å². The van der Waals surface area contributed by atoms with Gasteiger partial charge in [0.1, 0.15) is 0 Å². The van der Waals surface area contributed by atoms with E-state index in [4.69, 9.17) is 5.73 Å². The molecule has 21 heavy (non-hydrogen) atoms. The maximum Gasteiger partial charge on any atom is 0.255 e. The molecule has 0 bridgehead atoms. The van der Waals surface area contributed by atoms with Crippen LogP contribution in [0.4, 0.5) is 11.4 Å². The Morgan fingerprint density at radius 1 is 1.24 bits per heavy atom. The summed E-state index contributed by atoms with van der Waals surface area (Å²) in [5, 5.41) is 0. The normalized spacial score (nSPS) is 16.8. The molecule has 0 spiro atoms. The van der Waals surface area contributed by atoms with Crippen LogP contribution in [0.25, 0.3) is 0 Å². The van der Waals surface area contributed by atoms with Gasteiger partial charge in [0.2, 0.25) is 0 Å². The van der Waals surface area contributed by atoms with Gasteiger partial charge in [-0.1, -0.05) is 0 Å². The summed E-state index contributed by atoms with van der Waals surface area (Å²) in [5.74, 6) is 0.0183. The number of likely N-dealkylation sites (tertiary alicyclic amines) is 1. The van der Waals surface area contributed by atoms with Gasteiger partial charge in [-0.2, -0.15) is 0 Å². The number of rotatable bonds is 3. The molecular weight excluding hydrogens is 264 g/mol. The van der Waals surface area contributed by atoms with Crippen molar-refractivity contribution in [3.63, 3.8) is 0 Å². The van der Waals surface area contributed by atoms with E-state index in [0.717, 1.165) is 37.2 Å². The third-order valence-corrected chi connectivity index (χ3v) is 4.27. The van der Waals surface area contributed by atoms with E-state index in [-0.39, 0.29) is 5.91 Å². The van der Waals surface area contributed by atoms with Crippen molar-refractivity contribution in [2.75, 3.05) is 51.9 Å². The number of amides is 1. The molecule has 2 N–H and O–H groups in total. The predicted molar refractivity (Wildman–Crippen MR) is 87.8 cm³/mol. The summed E-state index contributed by atoms with van der Waals surface area (Å²) in [6, 6.07) is 5.99. The van der Waals surface area contributed by atoms with Crippen molar-refractivity contribution >= 4 is 17.3 Å². The van der Waals surface area contributed by atoms with Gasteiger partial charge in [-0.15, -0.1) is 0 Å². The van der Waals surface area contributed by atoms with E-state index in [2.05, 4.69) is 23.9 Å². The molecule has 0 saturated carbocycles. The number of carbonyl (C=O) groups excluding carboxylic acids is 1. The molecular formula is C16H26N4O. The molecule has 1 aromatic rings. The number of carbonyl (C=O) groups is 1. The van der Waals surface area contributed by atoms with E-state index in [1.807, 2.05) is 12.1 Å². The number of nitrogen functional groups attached to an aromatic ring is 1. The second-order valence-corrected chi connectivity index (χ2v) is 6.12. The van der Waals surface area contributed by atoms with E-state index in [9.17, 15) is 4.79 Å². The zero-order chi connectivity index (χ0) is 15.6. The fraction of sp³-hybridized carbons (Fsp3) is 0.562. The smallest absolute Gasteiger partial charge is 0.255 e. The fourth-order valence-corrected chi connectivity index (χ4v) is 2.84. The van der Waals surface area contributed by atoms with Gasteiger partial charge in [0.15, 0.2) is 0 Å². The molecule has 0 unspecified atom stereocenters. The Bertz CT molecular complexity index is 507. The zero-order valence-corrected chi connectivity index (χ0v) is 13.5. The number of anilines is 2. The average molecular weight is 290 g/mol. The van der Waals surface area contributed by atoms with Crippen molar-refractivity contribution in [3.8, 4) is 0 Å². The lowest BCUT2D eigenvalue weighted by Gasteiger charge is -2.37. The average Bonchev–Trinajstić information content (AvgIpc) is 2.46. The highest BCUT2D eigenvalue weighted by Crippen LogP contribution is 2.28. The molecule has 116 valence electrons. The lowest BCUT2D eigenvalue weighted by molar-refractivity contribution is 0.0828. The van der Waals surface area contributed by atoms with Crippen LogP contribution in [0.15, 0.2) is 18.2 Å². The molecule has 1 amide bonds. The van der Waals surface area contributed by atoms with Crippen LogP contribution in [0.1, 0.15) is 23.2 Å². The number of nitrogens with two attached hydrogens (primary N) is 1. The number of piperidine rings is 1. The first-order chi connectivity index (χ1) is 9.90. The molecule has 5 heteroatoms. The summed E-state index contributed by atoms with van der Waals surface area (Å²) in [4.78, 5) is 18.5. The highest BCUT2D eigenvalue weighted by molar-refractivity contribution is 6.00. The van der Waals surface area contributed by atoms with E-state index in [1.54, 1.807) is 25.1 Å². The third kappa shape index (κ3) is 3.47. The molecule has 1 aliphatic heterocycles. The van der Waals surface area contributed by atoms with Gasteiger partial charge in [-0.3, -0.25) is 4.79 Å². The maximum absolute atomic E-state index is 12.4. The summed E-state index contributed by atoms with van der Waals surface area (Å²) in [7, 11) is 7.77. The fourth-order valence-electron chi connectivity index (χ4n) is 2.84. The number of nitrogens with zero attached hydrogens (tertiary/aromatic N) is 3. The maximum atomic E-state index is 12.4. The summed E-state index contributed by atoms with van der Waals surface area (Å²) >= 11 is 0. The molecule has 0 atom stereocenters. The summed E-state index contributed by atoms with van der Waals surface area (Å²) < 4.78 is 0. The Morgan fingerprint density at radius 2 is 1.86 bits per heavy atom. The standard InChI is InChI=1S/C16H26N4O/c1-18(2)16(21)14-6-5-12(17)11-15(14)20(4)13-7-9-19(3)10-8-13/h5-6,11,13H,7-10,17H2,1-4H3. The minimum Gasteiger partial charge on any atom is -0.399 e. The van der Waals surface area contributed by atoms with Gasteiger partial charge >= 0.3 is 0 Å². The number of hydrogen-bond acceptors (Lipinski definition) is 4. The Balaban J connectivity index is 2.28. The molecule has 0 radical (unpaired) electrons. The first kappa shape index (κ1) is 15.6. The predicted octanol–water partition coefficient (Wildman–Crippen LogP) is 1.50. The molecule has 1 fully saturated rings. The van der Waals surface area contributed by atoms with Gasteiger partial charge in [-0.25, -0.2) is 0 Å². The molecule has 1 aliphatic rings. The summed E-state index contributed by atoms with van der Waals surface area (Å²) in [5.41, 5.74) is 8.28. The Hall–Kier alpha value is -1.75. The van der Waals surface area contributed by atoms with Crippen LogP contribution in [0.5, 0.6) is 0 Å². The van der Waals surface area contributed by atoms with Crippen molar-refractivity contribution in [2.24, 2.45) is 0 Å². The Kier molecular flexibility index (Phi) is 4.73. The van der Waals surface area contributed by atoms with Crippen LogP contribution < -0.4 is 10.6 Å². The van der Waals surface area contributed by atoms with Gasteiger partial charge in [-0.05, 0) is 51.2 Å². The van der Waals surface area contributed by atoms with Crippen LogP contribution in [-0.2, 0) is 0 Å². The van der Waals surface area contributed by atoms with Crippen LogP contribution in [0, 0.1) is 0 Å². The van der Waals surface area contributed by atoms with Gasteiger partial charge < -0.3 is 20.4 Å². The SMILES string of the molecule is CN1CCC(N(C)c2cc(N)ccc2C(=O)N(C)C)CC1. The van der Waals surface area contributed by atoms with Crippen molar-refractivity contribution in [2.45, 2.75) is 18.9 Å². The van der Waals surface area contributed by atoms with Crippen LogP contribution in [-0.4, -0.2) is 63.0 Å². The first-order valence-corrected chi connectivity index (χ1v) is 7.42. The van der Waals surface area contributed by atoms with Crippen molar-refractivity contribution in [1.82, 2.24) is 9.80 Å². The second kappa shape index (κ2) is 6.35. The number of hydrogen-bond donors (Lipinski definition) is 1. The molecule has 1 saturated heterocycles. The van der Waals surface area contributed by atoms with E-state index >= 15 is 0 Å². The van der Waals surface area contributed by atoms with Gasteiger partial charge in [0.25, 0.3) is 5.91 Å². The minimum absolute atomic E-state index is 0.0183. The molecule has 1 aromatic carbocycles. The third-order valence-electron chi connectivity index (χ3n) is 4.27. The Morgan fingerprint density at radius 3 is 2.43 bits per heavy atom. The Labute approximate surface area is 127 Å². The molecule has 0 aliphatic carbocycles. The summed E-state index contributed by atoms with van der Waals surface area (Å²) in [6.07, 6.45) is 2.22. The van der Waals surface area contributed by atoms with Gasteiger partial charge in [0.05, 0.1) is 11.3 Å². The monoisotopic (exact) mass is 290 g/mol. The lowest BCUT2D eigenvalue weighted by Crippen LogP contribution is -2.42. The minimum atomic E-state index is 0.0183. The van der Waals surface area contributed by atoms with Crippen molar-refractivity contribution in [1.29, 1.82) is 0 Å². The first-order valence-electron chi connectivity index (χ1n) is 7.42. The highest BCUT2D eigenvalue weighted by atomic mass is 16.2. The molecule has 2 rings (SSSR count). The van der Waals surface area contributed by atoms with E-state index in [1.165, 1.54) is 0 Å². The second-order valence-electron chi connectivity index (χ2n) is 6.12. The lowest BCUT2D eigenvalue weighted by atomic mass is 10.0.